The largest absolute Gasteiger partial charge is 0.355 e. The smallest absolute Gasteiger partial charge is 0.227 e. The van der Waals surface area contributed by atoms with Crippen molar-refractivity contribution >= 4 is 5.91 Å². The number of piperidine rings is 1. The van der Waals surface area contributed by atoms with Crippen LogP contribution < -0.4 is 10.6 Å². The van der Waals surface area contributed by atoms with Crippen molar-refractivity contribution in [1.82, 2.24) is 10.6 Å². The molecule has 1 aliphatic rings. The maximum absolute atomic E-state index is 12.3. The number of unbranched alkanes of at least 4 members (excludes halogenated alkanes) is 2. The summed E-state index contributed by atoms with van der Waals surface area (Å²) in [5.41, 5.74) is 0.00103. The molecule has 1 rings (SSSR count). The average molecular weight is 268 g/mol. The van der Waals surface area contributed by atoms with E-state index in [-0.39, 0.29) is 16.7 Å². The monoisotopic (exact) mass is 268 g/mol. The summed E-state index contributed by atoms with van der Waals surface area (Å²) in [7, 11) is 0. The fourth-order valence-electron chi connectivity index (χ4n) is 2.72. The van der Waals surface area contributed by atoms with Crippen LogP contribution in [0.1, 0.15) is 66.2 Å². The third-order valence-electron chi connectivity index (χ3n) is 4.33. The first kappa shape index (κ1) is 16.5. The van der Waals surface area contributed by atoms with E-state index in [1.54, 1.807) is 0 Å². The molecule has 0 bridgehead atoms. The second kappa shape index (κ2) is 7.28. The number of hydrogen-bond donors (Lipinski definition) is 2. The van der Waals surface area contributed by atoms with Crippen LogP contribution in [0.2, 0.25) is 0 Å². The van der Waals surface area contributed by atoms with Gasteiger partial charge in [-0.2, -0.15) is 0 Å². The molecule has 0 saturated carbocycles. The Morgan fingerprint density at radius 1 is 1.37 bits per heavy atom. The van der Waals surface area contributed by atoms with Crippen LogP contribution in [0.4, 0.5) is 0 Å². The van der Waals surface area contributed by atoms with Gasteiger partial charge in [0.1, 0.15) is 0 Å². The Hall–Kier alpha value is -0.570. The van der Waals surface area contributed by atoms with E-state index in [1.165, 1.54) is 25.7 Å². The molecule has 3 heteroatoms. The second-order valence-corrected chi connectivity index (χ2v) is 7.14. The van der Waals surface area contributed by atoms with E-state index >= 15 is 0 Å². The van der Waals surface area contributed by atoms with Gasteiger partial charge in [0.15, 0.2) is 0 Å². The normalized spacial score (nSPS) is 24.2. The molecule has 1 heterocycles. The SMILES string of the molecule is CCCCCC(C)(C)CNC(=O)C1(C)CCCNC1. The minimum Gasteiger partial charge on any atom is -0.355 e. The lowest BCUT2D eigenvalue weighted by molar-refractivity contribution is -0.131. The summed E-state index contributed by atoms with van der Waals surface area (Å²) in [6, 6.07) is 0. The molecule has 0 aromatic carbocycles. The molecule has 1 atom stereocenters. The van der Waals surface area contributed by atoms with Gasteiger partial charge >= 0.3 is 0 Å². The molecular formula is C16H32N2O. The molecule has 19 heavy (non-hydrogen) atoms. The van der Waals surface area contributed by atoms with Crippen LogP contribution >= 0.6 is 0 Å². The first-order chi connectivity index (χ1) is 8.90. The molecule has 1 unspecified atom stereocenters. The van der Waals surface area contributed by atoms with E-state index in [9.17, 15) is 4.79 Å². The Kier molecular flexibility index (Phi) is 6.31. The van der Waals surface area contributed by atoms with E-state index in [0.717, 1.165) is 32.5 Å². The van der Waals surface area contributed by atoms with Crippen molar-refractivity contribution in [1.29, 1.82) is 0 Å². The molecule has 112 valence electrons. The number of nitrogens with one attached hydrogen (secondary N) is 2. The Morgan fingerprint density at radius 2 is 2.11 bits per heavy atom. The van der Waals surface area contributed by atoms with E-state index in [0.29, 0.717) is 0 Å². The fourth-order valence-corrected chi connectivity index (χ4v) is 2.72. The topological polar surface area (TPSA) is 41.1 Å². The molecule has 0 radical (unpaired) electrons. The van der Waals surface area contributed by atoms with Gasteiger partial charge in [0, 0.05) is 13.1 Å². The number of amides is 1. The predicted octanol–water partition coefficient (Wildman–Crippen LogP) is 3.10. The first-order valence-electron chi connectivity index (χ1n) is 7.89. The highest BCUT2D eigenvalue weighted by molar-refractivity contribution is 5.82. The molecule has 0 aliphatic carbocycles. The number of rotatable bonds is 7. The molecule has 1 saturated heterocycles. The molecule has 2 N–H and O–H groups in total. The van der Waals surface area contributed by atoms with Crippen molar-refractivity contribution in [3.63, 3.8) is 0 Å². The lowest BCUT2D eigenvalue weighted by Crippen LogP contribution is -2.50. The molecule has 0 aromatic rings. The summed E-state index contributed by atoms with van der Waals surface area (Å²) in [5, 5.41) is 6.52. The Balaban J connectivity index is 2.35. The van der Waals surface area contributed by atoms with Crippen LogP contribution in [0.5, 0.6) is 0 Å². The summed E-state index contributed by atoms with van der Waals surface area (Å²) < 4.78 is 0. The van der Waals surface area contributed by atoms with E-state index in [4.69, 9.17) is 0 Å². The van der Waals surface area contributed by atoms with E-state index in [1.807, 2.05) is 0 Å². The van der Waals surface area contributed by atoms with Gasteiger partial charge in [0.05, 0.1) is 5.41 Å². The quantitative estimate of drug-likeness (QED) is 0.697. The molecule has 1 fully saturated rings. The van der Waals surface area contributed by atoms with Crippen molar-refractivity contribution in [2.45, 2.75) is 66.2 Å². The Bertz CT molecular complexity index is 280. The van der Waals surface area contributed by atoms with Crippen LogP contribution in [-0.2, 0) is 4.79 Å². The van der Waals surface area contributed by atoms with Crippen molar-refractivity contribution < 1.29 is 4.79 Å². The molecule has 1 aliphatic heterocycles. The van der Waals surface area contributed by atoms with Crippen LogP contribution in [0, 0.1) is 10.8 Å². The van der Waals surface area contributed by atoms with Crippen molar-refractivity contribution in [2.75, 3.05) is 19.6 Å². The van der Waals surface area contributed by atoms with Crippen molar-refractivity contribution in [3.05, 3.63) is 0 Å². The predicted molar refractivity (Wildman–Crippen MR) is 81.1 cm³/mol. The maximum atomic E-state index is 12.3. The zero-order valence-corrected chi connectivity index (χ0v) is 13.3. The van der Waals surface area contributed by atoms with E-state index in [2.05, 4.69) is 38.3 Å². The second-order valence-electron chi connectivity index (χ2n) is 7.14. The molecule has 3 nitrogen and oxygen atoms in total. The Labute approximate surface area is 118 Å². The molecule has 0 spiro atoms. The molecular weight excluding hydrogens is 236 g/mol. The number of carbonyl (C=O) groups is 1. The zero-order valence-electron chi connectivity index (χ0n) is 13.3. The van der Waals surface area contributed by atoms with Gasteiger partial charge in [0.2, 0.25) is 5.91 Å². The summed E-state index contributed by atoms with van der Waals surface area (Å²) in [6.45, 7) is 11.5. The average Bonchev–Trinajstić information content (AvgIpc) is 2.37. The number of hydrogen-bond acceptors (Lipinski definition) is 2. The fraction of sp³-hybridized carbons (Fsp3) is 0.938. The highest BCUT2D eigenvalue weighted by Gasteiger charge is 2.35. The minimum absolute atomic E-state index is 0.211. The minimum atomic E-state index is -0.211. The summed E-state index contributed by atoms with van der Waals surface area (Å²) in [5.74, 6) is 0.225. The van der Waals surface area contributed by atoms with Crippen LogP contribution in [-0.4, -0.2) is 25.5 Å². The van der Waals surface area contributed by atoms with Gasteiger partial charge in [-0.05, 0) is 38.1 Å². The van der Waals surface area contributed by atoms with Crippen molar-refractivity contribution in [2.24, 2.45) is 10.8 Å². The molecule has 1 amide bonds. The third kappa shape index (κ3) is 5.52. The highest BCUT2D eigenvalue weighted by atomic mass is 16.2. The third-order valence-corrected chi connectivity index (χ3v) is 4.33. The lowest BCUT2D eigenvalue weighted by Gasteiger charge is -2.34. The number of carbonyl (C=O) groups excluding carboxylic acids is 1. The first-order valence-corrected chi connectivity index (χ1v) is 7.89. The van der Waals surface area contributed by atoms with Gasteiger partial charge in [-0.3, -0.25) is 4.79 Å². The van der Waals surface area contributed by atoms with Crippen molar-refractivity contribution in [3.8, 4) is 0 Å². The molecule has 0 aromatic heterocycles. The highest BCUT2D eigenvalue weighted by Crippen LogP contribution is 2.27. The van der Waals surface area contributed by atoms with Gasteiger partial charge < -0.3 is 10.6 Å². The van der Waals surface area contributed by atoms with E-state index < -0.39 is 0 Å². The summed E-state index contributed by atoms with van der Waals surface area (Å²) in [4.78, 5) is 12.3. The lowest BCUT2D eigenvalue weighted by atomic mass is 9.81. The van der Waals surface area contributed by atoms with Gasteiger partial charge in [-0.25, -0.2) is 0 Å². The van der Waals surface area contributed by atoms with Crippen LogP contribution in [0.25, 0.3) is 0 Å². The van der Waals surface area contributed by atoms with Gasteiger partial charge in [0.25, 0.3) is 0 Å². The van der Waals surface area contributed by atoms with Crippen LogP contribution in [0.3, 0.4) is 0 Å². The summed E-state index contributed by atoms with van der Waals surface area (Å²) >= 11 is 0. The Morgan fingerprint density at radius 3 is 2.68 bits per heavy atom. The summed E-state index contributed by atoms with van der Waals surface area (Å²) in [6.07, 6.45) is 7.10. The zero-order chi connectivity index (χ0) is 14.4. The standard InChI is InChI=1S/C16H32N2O/c1-5-6-7-9-15(2,3)12-18-14(19)16(4)10-8-11-17-13-16/h17H,5-13H2,1-4H3,(H,18,19). The maximum Gasteiger partial charge on any atom is 0.227 e. The van der Waals surface area contributed by atoms with Crippen LogP contribution in [0.15, 0.2) is 0 Å². The van der Waals surface area contributed by atoms with Gasteiger partial charge in [-0.1, -0.05) is 40.0 Å². The van der Waals surface area contributed by atoms with Gasteiger partial charge in [-0.15, -0.1) is 0 Å².